The van der Waals surface area contributed by atoms with Crippen molar-refractivity contribution in [2.75, 3.05) is 13.1 Å². The summed E-state index contributed by atoms with van der Waals surface area (Å²) in [5.74, 6) is 0. The standard InChI is InChI=1S/C7H19NO6P2/c1-3-5-6-8(4-2)7(15(9,10)11)16(12,13)14/h7H,3-6H2,1-2H3,(H2,9,10,11)(H2,12,13,14)/p+1. The second kappa shape index (κ2) is 6.26. The van der Waals surface area contributed by atoms with Gasteiger partial charge in [-0.1, -0.05) is 13.3 Å². The van der Waals surface area contributed by atoms with Crippen LogP contribution in [0, 0.1) is 0 Å². The van der Waals surface area contributed by atoms with Gasteiger partial charge in [0.05, 0.1) is 13.1 Å². The first-order valence-corrected chi connectivity index (χ1v) is 8.45. The molecule has 0 aliphatic rings. The van der Waals surface area contributed by atoms with Crippen LogP contribution in [0.4, 0.5) is 0 Å². The molecule has 1 atom stereocenters. The van der Waals surface area contributed by atoms with Crippen molar-refractivity contribution in [3.05, 3.63) is 0 Å². The summed E-state index contributed by atoms with van der Waals surface area (Å²) in [6.45, 7) is 4.15. The largest absolute Gasteiger partial charge is 0.395 e. The van der Waals surface area contributed by atoms with E-state index in [-0.39, 0.29) is 11.4 Å². The van der Waals surface area contributed by atoms with Gasteiger partial charge in [0.25, 0.3) is 5.52 Å². The molecule has 0 fully saturated rings. The maximum Gasteiger partial charge on any atom is 0.395 e. The van der Waals surface area contributed by atoms with Crippen LogP contribution in [-0.2, 0) is 9.13 Å². The summed E-state index contributed by atoms with van der Waals surface area (Å²) in [6, 6.07) is 0. The van der Waals surface area contributed by atoms with E-state index in [0.29, 0.717) is 13.0 Å². The zero-order valence-electron chi connectivity index (χ0n) is 9.41. The maximum absolute atomic E-state index is 11.1. The molecule has 0 aliphatic carbocycles. The van der Waals surface area contributed by atoms with E-state index in [1.807, 2.05) is 6.92 Å². The molecule has 0 aromatic heterocycles. The third kappa shape index (κ3) is 5.06. The fourth-order valence-corrected chi connectivity index (χ4v) is 4.71. The molecule has 0 radical (unpaired) electrons. The Kier molecular flexibility index (Phi) is 6.36. The van der Waals surface area contributed by atoms with Gasteiger partial charge in [-0.05, 0) is 13.3 Å². The highest BCUT2D eigenvalue weighted by Crippen LogP contribution is 2.56. The molecule has 0 saturated carbocycles. The third-order valence-corrected chi connectivity index (χ3v) is 6.12. The fourth-order valence-electron chi connectivity index (χ4n) is 1.56. The number of rotatable bonds is 7. The Balaban J connectivity index is 5.01. The highest BCUT2D eigenvalue weighted by Gasteiger charge is 2.50. The highest BCUT2D eigenvalue weighted by atomic mass is 31.2. The van der Waals surface area contributed by atoms with Gasteiger partial charge in [-0.3, -0.25) is 9.13 Å². The molecule has 0 heterocycles. The number of unbranched alkanes of at least 4 members (excludes halogenated alkanes) is 1. The van der Waals surface area contributed by atoms with Gasteiger partial charge in [-0.15, -0.1) is 0 Å². The van der Waals surface area contributed by atoms with E-state index < -0.39 is 20.7 Å². The number of hydrogen-bond donors (Lipinski definition) is 5. The zero-order chi connectivity index (χ0) is 13.0. The predicted molar refractivity (Wildman–Crippen MR) is 59.2 cm³/mol. The van der Waals surface area contributed by atoms with Crippen molar-refractivity contribution in [1.29, 1.82) is 0 Å². The van der Waals surface area contributed by atoms with Crippen LogP contribution in [0.3, 0.4) is 0 Å². The second-order valence-electron chi connectivity index (χ2n) is 3.67. The lowest BCUT2D eigenvalue weighted by atomic mass is 10.3. The molecular formula is C7H20NO6P2+. The Bertz CT molecular complexity index is 275. The Labute approximate surface area is 94.8 Å². The molecule has 0 spiro atoms. The average Bonchev–Trinajstić information content (AvgIpc) is 2.07. The Hall–Kier alpha value is 0.260. The molecule has 7 nitrogen and oxygen atoms in total. The smallest absolute Gasteiger partial charge is 0.320 e. The first-order valence-electron chi connectivity index (χ1n) is 5.09. The summed E-state index contributed by atoms with van der Waals surface area (Å²) >= 11 is 0. The minimum absolute atomic E-state index is 0.253. The molecule has 0 amide bonds. The van der Waals surface area contributed by atoms with E-state index >= 15 is 0 Å². The van der Waals surface area contributed by atoms with Gasteiger partial charge in [-0.25, -0.2) is 0 Å². The first kappa shape index (κ1) is 16.3. The molecule has 9 heteroatoms. The van der Waals surface area contributed by atoms with Crippen LogP contribution in [0.5, 0.6) is 0 Å². The normalized spacial score (nSPS) is 15.4. The Morgan fingerprint density at radius 1 is 1.06 bits per heavy atom. The summed E-state index contributed by atoms with van der Waals surface area (Å²) in [4.78, 5) is 36.3. The van der Waals surface area contributed by atoms with Crippen LogP contribution in [0.2, 0.25) is 0 Å². The van der Waals surface area contributed by atoms with Crippen molar-refractivity contribution in [1.82, 2.24) is 0 Å². The quantitative estimate of drug-likeness (QED) is 0.393. The molecular weight excluding hydrogens is 256 g/mol. The van der Waals surface area contributed by atoms with Gasteiger partial charge in [0, 0.05) is 0 Å². The lowest BCUT2D eigenvalue weighted by molar-refractivity contribution is -0.899. The van der Waals surface area contributed by atoms with Crippen molar-refractivity contribution in [3.8, 4) is 0 Å². The van der Waals surface area contributed by atoms with Crippen LogP contribution in [0.1, 0.15) is 26.7 Å². The lowest BCUT2D eigenvalue weighted by Gasteiger charge is -2.28. The Morgan fingerprint density at radius 3 is 1.75 bits per heavy atom. The topological polar surface area (TPSA) is 120 Å². The summed E-state index contributed by atoms with van der Waals surface area (Å²) in [5.41, 5.74) is -1.93. The minimum Gasteiger partial charge on any atom is -0.320 e. The van der Waals surface area contributed by atoms with Crippen molar-refractivity contribution in [2.45, 2.75) is 32.2 Å². The van der Waals surface area contributed by atoms with Crippen LogP contribution >= 0.6 is 15.2 Å². The third-order valence-electron chi connectivity index (χ3n) is 2.31. The lowest BCUT2D eigenvalue weighted by Crippen LogP contribution is -3.15. The molecule has 0 saturated heterocycles. The van der Waals surface area contributed by atoms with E-state index in [1.54, 1.807) is 6.92 Å². The van der Waals surface area contributed by atoms with Gasteiger partial charge >= 0.3 is 15.2 Å². The van der Waals surface area contributed by atoms with E-state index in [0.717, 1.165) is 6.42 Å². The van der Waals surface area contributed by atoms with Crippen molar-refractivity contribution in [3.63, 3.8) is 0 Å². The highest BCUT2D eigenvalue weighted by molar-refractivity contribution is 7.70. The summed E-state index contributed by atoms with van der Waals surface area (Å²) in [5, 5.41) is 0. The predicted octanol–water partition coefficient (Wildman–Crippen LogP) is -0.670. The van der Waals surface area contributed by atoms with Crippen molar-refractivity contribution >= 4 is 15.2 Å². The monoisotopic (exact) mass is 276 g/mol. The van der Waals surface area contributed by atoms with Gasteiger partial charge < -0.3 is 24.5 Å². The van der Waals surface area contributed by atoms with Crippen LogP contribution in [0.25, 0.3) is 0 Å². The second-order valence-corrected chi connectivity index (χ2v) is 7.46. The summed E-state index contributed by atoms with van der Waals surface area (Å²) < 4.78 is 22.2. The van der Waals surface area contributed by atoms with Gasteiger partial charge in [0.15, 0.2) is 0 Å². The molecule has 1 unspecified atom stereocenters. The van der Waals surface area contributed by atoms with Gasteiger partial charge in [0.2, 0.25) is 0 Å². The molecule has 0 aromatic carbocycles. The number of quaternary nitrogens is 1. The Morgan fingerprint density at radius 2 is 1.50 bits per heavy atom. The molecule has 0 rings (SSSR count). The summed E-state index contributed by atoms with van der Waals surface area (Å²) in [7, 11) is -9.62. The SMILES string of the molecule is CCCC[NH+](CC)C(P(=O)(O)O)P(=O)(O)O. The van der Waals surface area contributed by atoms with Crippen LogP contribution in [0.15, 0.2) is 0 Å². The molecule has 5 N–H and O–H groups in total. The molecule has 0 aliphatic heterocycles. The van der Waals surface area contributed by atoms with E-state index in [9.17, 15) is 9.13 Å². The zero-order valence-corrected chi connectivity index (χ0v) is 11.2. The molecule has 98 valence electrons. The fraction of sp³-hybridized carbons (Fsp3) is 1.00. The molecule has 0 aromatic rings. The van der Waals surface area contributed by atoms with E-state index in [1.165, 1.54) is 0 Å². The average molecular weight is 276 g/mol. The number of hydrogen-bond acceptors (Lipinski definition) is 2. The van der Waals surface area contributed by atoms with Crippen molar-refractivity contribution in [2.24, 2.45) is 0 Å². The van der Waals surface area contributed by atoms with Gasteiger partial charge in [-0.2, -0.15) is 0 Å². The minimum atomic E-state index is -4.81. The molecule has 16 heavy (non-hydrogen) atoms. The maximum atomic E-state index is 11.1. The van der Waals surface area contributed by atoms with Crippen molar-refractivity contribution < 1.29 is 33.6 Å². The van der Waals surface area contributed by atoms with Crippen LogP contribution < -0.4 is 4.90 Å². The van der Waals surface area contributed by atoms with Crippen LogP contribution in [-0.4, -0.2) is 38.2 Å². The first-order chi connectivity index (χ1) is 7.14. The van der Waals surface area contributed by atoms with E-state index in [2.05, 4.69) is 0 Å². The van der Waals surface area contributed by atoms with E-state index in [4.69, 9.17) is 19.6 Å². The number of nitrogens with one attached hydrogen (secondary N) is 1. The molecule has 0 bridgehead atoms. The van der Waals surface area contributed by atoms with Gasteiger partial charge in [0.1, 0.15) is 0 Å². The summed E-state index contributed by atoms with van der Waals surface area (Å²) in [6.07, 6.45) is 1.47.